The van der Waals surface area contributed by atoms with Crippen LogP contribution in [0.2, 0.25) is 0 Å². The number of rotatable bonds is 3. The minimum atomic E-state index is 0. The Morgan fingerprint density at radius 2 is 2.42 bits per heavy atom. The number of hydrogen-bond acceptors (Lipinski definition) is 2. The molecule has 12 heavy (non-hydrogen) atoms. The van der Waals surface area contributed by atoms with Crippen LogP contribution in [0.5, 0.6) is 0 Å². The standard InChI is InChI=1S/C9H13NS.ClH/c1-7(2)6-8(10)9-4-3-5-11-9;/h3-5,8H,1,6,10H2,2H3;1H/t8-;/m0./s1. The maximum absolute atomic E-state index is 5.89. The van der Waals surface area contributed by atoms with Gasteiger partial charge < -0.3 is 5.73 Å². The summed E-state index contributed by atoms with van der Waals surface area (Å²) < 4.78 is 0. The predicted octanol–water partition coefficient (Wildman–Crippen LogP) is 3.14. The molecule has 3 heteroatoms. The summed E-state index contributed by atoms with van der Waals surface area (Å²) in [6.07, 6.45) is 0.889. The summed E-state index contributed by atoms with van der Waals surface area (Å²) >= 11 is 1.71. The molecule has 1 nitrogen and oxygen atoms in total. The fourth-order valence-electron chi connectivity index (χ4n) is 0.978. The average molecular weight is 204 g/mol. The van der Waals surface area contributed by atoms with Crippen molar-refractivity contribution >= 4 is 23.7 Å². The Labute approximate surface area is 83.7 Å². The Kier molecular flexibility index (Phi) is 5.22. The van der Waals surface area contributed by atoms with E-state index in [1.807, 2.05) is 18.4 Å². The Morgan fingerprint density at radius 1 is 1.75 bits per heavy atom. The second kappa shape index (κ2) is 5.36. The van der Waals surface area contributed by atoms with Gasteiger partial charge in [0.2, 0.25) is 0 Å². The number of halogens is 1. The fourth-order valence-corrected chi connectivity index (χ4v) is 1.71. The van der Waals surface area contributed by atoms with Crippen molar-refractivity contribution in [2.75, 3.05) is 0 Å². The highest BCUT2D eigenvalue weighted by Gasteiger charge is 2.05. The summed E-state index contributed by atoms with van der Waals surface area (Å²) in [5.41, 5.74) is 7.03. The Balaban J connectivity index is 0.00000121. The van der Waals surface area contributed by atoms with Gasteiger partial charge in [-0.25, -0.2) is 0 Å². The van der Waals surface area contributed by atoms with Crippen molar-refractivity contribution in [1.29, 1.82) is 0 Å². The minimum absolute atomic E-state index is 0. The van der Waals surface area contributed by atoms with Crippen molar-refractivity contribution in [1.82, 2.24) is 0 Å². The molecule has 68 valence electrons. The van der Waals surface area contributed by atoms with Crippen LogP contribution >= 0.6 is 23.7 Å². The molecule has 0 aliphatic carbocycles. The van der Waals surface area contributed by atoms with Gasteiger partial charge in [-0.1, -0.05) is 11.6 Å². The lowest BCUT2D eigenvalue weighted by molar-refractivity contribution is 0.731. The molecule has 0 amide bonds. The molecule has 0 aliphatic rings. The summed E-state index contributed by atoms with van der Waals surface area (Å²) in [4.78, 5) is 1.24. The zero-order valence-electron chi connectivity index (χ0n) is 7.12. The maximum atomic E-state index is 5.89. The van der Waals surface area contributed by atoms with Crippen LogP contribution in [0.15, 0.2) is 29.7 Å². The Morgan fingerprint density at radius 3 is 2.83 bits per heavy atom. The maximum Gasteiger partial charge on any atom is 0.0427 e. The summed E-state index contributed by atoms with van der Waals surface area (Å²) in [6.45, 7) is 5.84. The SMILES string of the molecule is C=C(C)C[C@H](N)c1cccs1.Cl. The average Bonchev–Trinajstić information content (AvgIpc) is 2.35. The second-order valence-electron chi connectivity index (χ2n) is 2.78. The van der Waals surface area contributed by atoms with Gasteiger partial charge in [-0.05, 0) is 24.8 Å². The highest BCUT2D eigenvalue weighted by Crippen LogP contribution is 2.21. The predicted molar refractivity (Wildman–Crippen MR) is 57.9 cm³/mol. The van der Waals surface area contributed by atoms with E-state index in [1.165, 1.54) is 4.88 Å². The van der Waals surface area contributed by atoms with E-state index in [0.29, 0.717) is 0 Å². The summed E-state index contributed by atoms with van der Waals surface area (Å²) in [6, 6.07) is 4.24. The molecule has 0 unspecified atom stereocenters. The Bertz CT molecular complexity index is 231. The van der Waals surface area contributed by atoms with Gasteiger partial charge in [0.05, 0.1) is 0 Å². The molecule has 0 radical (unpaired) electrons. The minimum Gasteiger partial charge on any atom is -0.323 e. The Hall–Kier alpha value is -0.310. The van der Waals surface area contributed by atoms with E-state index in [-0.39, 0.29) is 18.4 Å². The number of thiophene rings is 1. The van der Waals surface area contributed by atoms with E-state index in [9.17, 15) is 0 Å². The van der Waals surface area contributed by atoms with Crippen molar-refractivity contribution in [3.63, 3.8) is 0 Å². The third-order valence-electron chi connectivity index (χ3n) is 1.48. The first-order valence-electron chi connectivity index (χ1n) is 3.63. The molecule has 0 spiro atoms. The van der Waals surface area contributed by atoms with E-state index in [1.54, 1.807) is 11.3 Å². The fraction of sp³-hybridized carbons (Fsp3) is 0.333. The lowest BCUT2D eigenvalue weighted by Crippen LogP contribution is -2.08. The molecule has 1 atom stereocenters. The first-order chi connectivity index (χ1) is 5.20. The van der Waals surface area contributed by atoms with Crippen molar-refractivity contribution in [2.45, 2.75) is 19.4 Å². The van der Waals surface area contributed by atoms with Crippen LogP contribution in [0.4, 0.5) is 0 Å². The van der Waals surface area contributed by atoms with Gasteiger partial charge >= 0.3 is 0 Å². The third kappa shape index (κ3) is 3.39. The topological polar surface area (TPSA) is 26.0 Å². The molecule has 0 bridgehead atoms. The van der Waals surface area contributed by atoms with Crippen molar-refractivity contribution in [3.8, 4) is 0 Å². The van der Waals surface area contributed by atoms with Crippen LogP contribution in [0, 0.1) is 0 Å². The molecule has 1 rings (SSSR count). The molecule has 0 fully saturated rings. The third-order valence-corrected chi connectivity index (χ3v) is 2.48. The molecular formula is C9H14ClNS. The molecule has 0 saturated carbocycles. The highest BCUT2D eigenvalue weighted by molar-refractivity contribution is 7.10. The van der Waals surface area contributed by atoms with E-state index in [4.69, 9.17) is 5.73 Å². The van der Waals surface area contributed by atoms with E-state index >= 15 is 0 Å². The van der Waals surface area contributed by atoms with Crippen LogP contribution in [0.3, 0.4) is 0 Å². The normalized spacial score (nSPS) is 11.8. The smallest absolute Gasteiger partial charge is 0.0427 e. The van der Waals surface area contributed by atoms with Crippen LogP contribution < -0.4 is 5.73 Å². The highest BCUT2D eigenvalue weighted by atomic mass is 35.5. The zero-order valence-corrected chi connectivity index (χ0v) is 8.75. The van der Waals surface area contributed by atoms with Crippen LogP contribution in [-0.4, -0.2) is 0 Å². The molecule has 1 aromatic heterocycles. The van der Waals surface area contributed by atoms with Crippen molar-refractivity contribution in [2.24, 2.45) is 5.73 Å². The van der Waals surface area contributed by atoms with Crippen LogP contribution in [-0.2, 0) is 0 Å². The van der Waals surface area contributed by atoms with Gasteiger partial charge in [-0.2, -0.15) is 0 Å². The molecule has 1 aromatic rings. The zero-order chi connectivity index (χ0) is 8.27. The van der Waals surface area contributed by atoms with Crippen LogP contribution in [0.25, 0.3) is 0 Å². The molecule has 0 aromatic carbocycles. The summed E-state index contributed by atoms with van der Waals surface area (Å²) in [5.74, 6) is 0. The van der Waals surface area contributed by atoms with Gasteiger partial charge in [-0.15, -0.1) is 30.3 Å². The van der Waals surface area contributed by atoms with Crippen molar-refractivity contribution in [3.05, 3.63) is 34.5 Å². The quantitative estimate of drug-likeness (QED) is 0.751. The van der Waals surface area contributed by atoms with E-state index in [0.717, 1.165) is 12.0 Å². The monoisotopic (exact) mass is 203 g/mol. The first-order valence-corrected chi connectivity index (χ1v) is 4.51. The largest absolute Gasteiger partial charge is 0.323 e. The molecule has 1 heterocycles. The summed E-state index contributed by atoms with van der Waals surface area (Å²) in [7, 11) is 0. The number of nitrogens with two attached hydrogens (primary N) is 1. The van der Waals surface area contributed by atoms with Gasteiger partial charge in [0.25, 0.3) is 0 Å². The van der Waals surface area contributed by atoms with Gasteiger partial charge in [0.15, 0.2) is 0 Å². The molecular weight excluding hydrogens is 190 g/mol. The van der Waals surface area contributed by atoms with E-state index < -0.39 is 0 Å². The van der Waals surface area contributed by atoms with E-state index in [2.05, 4.69) is 12.6 Å². The lowest BCUT2D eigenvalue weighted by atomic mass is 10.1. The lowest BCUT2D eigenvalue weighted by Gasteiger charge is -2.07. The summed E-state index contributed by atoms with van der Waals surface area (Å²) in [5, 5.41) is 2.05. The molecule has 0 saturated heterocycles. The van der Waals surface area contributed by atoms with Gasteiger partial charge in [-0.3, -0.25) is 0 Å². The van der Waals surface area contributed by atoms with Gasteiger partial charge in [0.1, 0.15) is 0 Å². The number of hydrogen-bond donors (Lipinski definition) is 1. The van der Waals surface area contributed by atoms with Gasteiger partial charge in [0, 0.05) is 10.9 Å². The molecule has 0 aliphatic heterocycles. The second-order valence-corrected chi connectivity index (χ2v) is 3.76. The first kappa shape index (κ1) is 11.7. The molecule has 2 N–H and O–H groups in total. The van der Waals surface area contributed by atoms with Crippen molar-refractivity contribution < 1.29 is 0 Å². The van der Waals surface area contributed by atoms with Crippen LogP contribution in [0.1, 0.15) is 24.3 Å².